The van der Waals surface area contributed by atoms with Crippen molar-refractivity contribution in [2.45, 2.75) is 50.0 Å². The van der Waals surface area contributed by atoms with E-state index in [-0.39, 0.29) is 17.7 Å². The summed E-state index contributed by atoms with van der Waals surface area (Å²) in [5.41, 5.74) is 0. The highest BCUT2D eigenvalue weighted by Crippen LogP contribution is 2.32. The van der Waals surface area contributed by atoms with Gasteiger partial charge in [0.2, 0.25) is 5.91 Å². The Morgan fingerprint density at radius 3 is 2.26 bits per heavy atom. The summed E-state index contributed by atoms with van der Waals surface area (Å²) in [6.45, 7) is 5.92. The normalized spacial score (nSPS) is 36.0. The first-order chi connectivity index (χ1) is 8.97. The molecule has 1 saturated carbocycles. The minimum absolute atomic E-state index is 0.0719. The lowest BCUT2D eigenvalue weighted by Crippen LogP contribution is -2.47. The predicted octanol–water partition coefficient (Wildman–Crippen LogP) is 2.23. The van der Waals surface area contributed by atoms with E-state index in [2.05, 4.69) is 13.8 Å². The van der Waals surface area contributed by atoms with Gasteiger partial charge in [0.25, 0.3) is 0 Å². The highest BCUT2D eigenvalue weighted by atomic mass is 32.2. The third-order valence-electron chi connectivity index (χ3n) is 4.10. The fourth-order valence-corrected chi connectivity index (χ4v) is 4.58. The predicted molar refractivity (Wildman–Crippen MR) is 76.2 cm³/mol. The van der Waals surface area contributed by atoms with Crippen molar-refractivity contribution in [3.63, 3.8) is 0 Å². The average molecular weight is 285 g/mol. The Morgan fingerprint density at radius 1 is 1.11 bits per heavy atom. The molecule has 4 atom stereocenters. The first-order valence-corrected chi connectivity index (χ1v) is 8.08. The smallest absolute Gasteiger partial charge is 0.306 e. The van der Waals surface area contributed by atoms with E-state index in [4.69, 9.17) is 5.11 Å². The number of thioether (sulfide) groups is 1. The average Bonchev–Trinajstić information content (AvgIpc) is 2.37. The number of carboxylic acid groups (broad SMARTS) is 1. The van der Waals surface area contributed by atoms with E-state index >= 15 is 0 Å². The number of hydrogen-bond acceptors (Lipinski definition) is 3. The van der Waals surface area contributed by atoms with E-state index in [0.29, 0.717) is 16.9 Å². The molecule has 5 heteroatoms. The monoisotopic (exact) mass is 285 g/mol. The maximum atomic E-state index is 12.5. The van der Waals surface area contributed by atoms with Crippen molar-refractivity contribution in [1.29, 1.82) is 0 Å². The molecule has 0 spiro atoms. The summed E-state index contributed by atoms with van der Waals surface area (Å²) in [6.07, 6.45) is 2.97. The third-order valence-corrected chi connectivity index (χ3v) is 5.33. The van der Waals surface area contributed by atoms with E-state index in [1.165, 1.54) is 0 Å². The van der Waals surface area contributed by atoms with Crippen LogP contribution in [-0.4, -0.2) is 45.5 Å². The van der Waals surface area contributed by atoms with Crippen molar-refractivity contribution in [2.24, 2.45) is 11.8 Å². The van der Waals surface area contributed by atoms with Crippen LogP contribution in [0.15, 0.2) is 0 Å². The van der Waals surface area contributed by atoms with Gasteiger partial charge >= 0.3 is 5.97 Å². The molecule has 0 aromatic heterocycles. The molecule has 0 bridgehead atoms. The standard InChI is InChI=1S/C14H23NO3S/c1-9-7-15(8-10(2)19-9)13(16)11-4-3-5-12(6-11)14(17)18/h9-12H,3-8H2,1-2H3,(H,17,18). The Hall–Kier alpha value is -0.710. The molecule has 108 valence electrons. The largest absolute Gasteiger partial charge is 0.481 e. The number of aliphatic carboxylic acids is 1. The molecule has 2 aliphatic rings. The maximum Gasteiger partial charge on any atom is 0.306 e. The first kappa shape index (κ1) is 14.7. The van der Waals surface area contributed by atoms with Crippen molar-refractivity contribution in [1.82, 2.24) is 4.90 Å². The zero-order valence-corrected chi connectivity index (χ0v) is 12.5. The molecule has 1 saturated heterocycles. The summed E-state index contributed by atoms with van der Waals surface area (Å²) < 4.78 is 0. The topological polar surface area (TPSA) is 57.6 Å². The van der Waals surface area contributed by atoms with Gasteiger partial charge in [-0.25, -0.2) is 0 Å². The molecule has 1 amide bonds. The lowest BCUT2D eigenvalue weighted by atomic mass is 9.80. The van der Waals surface area contributed by atoms with Gasteiger partial charge in [-0.15, -0.1) is 0 Å². The number of rotatable bonds is 2. The van der Waals surface area contributed by atoms with E-state index < -0.39 is 5.97 Å². The van der Waals surface area contributed by atoms with Gasteiger partial charge in [0, 0.05) is 29.5 Å². The summed E-state index contributed by atoms with van der Waals surface area (Å²) in [7, 11) is 0. The van der Waals surface area contributed by atoms with Crippen molar-refractivity contribution < 1.29 is 14.7 Å². The molecule has 0 aromatic rings. The number of amides is 1. The number of carbonyl (C=O) groups is 2. The minimum Gasteiger partial charge on any atom is -0.481 e. The second kappa shape index (κ2) is 6.16. The molecule has 1 aliphatic heterocycles. The van der Waals surface area contributed by atoms with Crippen LogP contribution in [-0.2, 0) is 9.59 Å². The summed E-state index contributed by atoms with van der Waals surface area (Å²) in [5, 5.41) is 10.1. The van der Waals surface area contributed by atoms with Crippen molar-refractivity contribution in [3.05, 3.63) is 0 Å². The number of carboxylic acids is 1. The van der Waals surface area contributed by atoms with Crippen molar-refractivity contribution in [2.75, 3.05) is 13.1 Å². The third kappa shape index (κ3) is 3.65. The maximum absolute atomic E-state index is 12.5. The zero-order valence-electron chi connectivity index (χ0n) is 11.7. The van der Waals surface area contributed by atoms with E-state index in [0.717, 1.165) is 32.4 Å². The lowest BCUT2D eigenvalue weighted by molar-refractivity contribution is -0.145. The minimum atomic E-state index is -0.742. The zero-order chi connectivity index (χ0) is 14.0. The van der Waals surface area contributed by atoms with E-state index in [1.54, 1.807) is 0 Å². The number of carbonyl (C=O) groups excluding carboxylic acids is 1. The summed E-state index contributed by atoms with van der Waals surface area (Å²) in [6, 6.07) is 0. The first-order valence-electron chi connectivity index (χ1n) is 7.14. The summed E-state index contributed by atoms with van der Waals surface area (Å²) in [5.74, 6) is -0.951. The van der Waals surface area contributed by atoms with Gasteiger partial charge in [0.15, 0.2) is 0 Å². The van der Waals surface area contributed by atoms with Crippen LogP contribution < -0.4 is 0 Å². The summed E-state index contributed by atoms with van der Waals surface area (Å²) in [4.78, 5) is 25.6. The van der Waals surface area contributed by atoms with Gasteiger partial charge in [-0.2, -0.15) is 11.8 Å². The molecule has 2 rings (SSSR count). The van der Waals surface area contributed by atoms with Crippen LogP contribution in [0.25, 0.3) is 0 Å². The molecule has 19 heavy (non-hydrogen) atoms. The van der Waals surface area contributed by atoms with Gasteiger partial charge in [-0.05, 0) is 19.3 Å². The highest BCUT2D eigenvalue weighted by molar-refractivity contribution is 8.00. The Balaban J connectivity index is 1.96. The van der Waals surface area contributed by atoms with Crippen LogP contribution >= 0.6 is 11.8 Å². The molecule has 4 nitrogen and oxygen atoms in total. The van der Waals surface area contributed by atoms with E-state index in [9.17, 15) is 9.59 Å². The highest BCUT2D eigenvalue weighted by Gasteiger charge is 2.35. The van der Waals surface area contributed by atoms with E-state index in [1.807, 2.05) is 16.7 Å². The van der Waals surface area contributed by atoms with Crippen LogP contribution in [0.4, 0.5) is 0 Å². The lowest BCUT2D eigenvalue weighted by Gasteiger charge is -2.38. The number of nitrogens with zero attached hydrogens (tertiary/aromatic N) is 1. The fraction of sp³-hybridized carbons (Fsp3) is 0.857. The number of hydrogen-bond donors (Lipinski definition) is 1. The SMILES string of the molecule is CC1CN(C(=O)C2CCCC(C(=O)O)C2)CC(C)S1. The van der Waals surface area contributed by atoms with Gasteiger partial charge < -0.3 is 10.0 Å². The van der Waals surface area contributed by atoms with Gasteiger partial charge in [-0.3, -0.25) is 9.59 Å². The quantitative estimate of drug-likeness (QED) is 0.845. The fourth-order valence-electron chi connectivity index (χ4n) is 3.25. The summed E-state index contributed by atoms with van der Waals surface area (Å²) >= 11 is 1.93. The van der Waals surface area contributed by atoms with Crippen LogP contribution in [0.5, 0.6) is 0 Å². The van der Waals surface area contributed by atoms with Gasteiger partial charge in [0.1, 0.15) is 0 Å². The Labute approximate surface area is 118 Å². The van der Waals surface area contributed by atoms with Crippen molar-refractivity contribution >= 4 is 23.6 Å². The molecule has 0 aromatic carbocycles. The van der Waals surface area contributed by atoms with Crippen LogP contribution in [0.1, 0.15) is 39.5 Å². The molecular formula is C14H23NO3S. The van der Waals surface area contributed by atoms with Crippen molar-refractivity contribution in [3.8, 4) is 0 Å². The second-order valence-electron chi connectivity index (χ2n) is 5.90. The molecule has 4 unspecified atom stereocenters. The molecule has 1 heterocycles. The van der Waals surface area contributed by atoms with Crippen LogP contribution in [0.2, 0.25) is 0 Å². The molecule has 2 fully saturated rings. The molecule has 1 aliphatic carbocycles. The molecule has 0 radical (unpaired) electrons. The van der Waals surface area contributed by atoms with Gasteiger partial charge in [0.05, 0.1) is 5.92 Å². The van der Waals surface area contributed by atoms with Crippen LogP contribution in [0, 0.1) is 11.8 Å². The Kier molecular flexibility index (Phi) is 4.76. The molecule has 1 N–H and O–H groups in total. The Morgan fingerprint density at radius 2 is 1.68 bits per heavy atom. The van der Waals surface area contributed by atoms with Gasteiger partial charge in [-0.1, -0.05) is 20.3 Å². The Bertz CT molecular complexity index is 351. The second-order valence-corrected chi connectivity index (χ2v) is 7.78. The van der Waals surface area contributed by atoms with Crippen LogP contribution in [0.3, 0.4) is 0 Å². The molecular weight excluding hydrogens is 262 g/mol.